The van der Waals surface area contributed by atoms with Gasteiger partial charge >= 0.3 is 0 Å². The summed E-state index contributed by atoms with van der Waals surface area (Å²) in [6.45, 7) is 5.29. The largest absolute Gasteiger partial charge is 0.375 e. The Morgan fingerprint density at radius 1 is 1.41 bits per heavy atom. The normalized spacial score (nSPS) is 41.6. The van der Waals surface area contributed by atoms with Crippen molar-refractivity contribution in [3.63, 3.8) is 0 Å². The van der Waals surface area contributed by atoms with Crippen molar-refractivity contribution in [3.05, 3.63) is 0 Å². The number of nitrogens with zero attached hydrogens (tertiary/aromatic N) is 1. The van der Waals surface area contributed by atoms with Crippen molar-refractivity contribution >= 4 is 5.91 Å². The van der Waals surface area contributed by atoms with Gasteiger partial charge < -0.3 is 15.0 Å². The number of ether oxygens (including phenoxy) is 1. The zero-order chi connectivity index (χ0) is 11.8. The van der Waals surface area contributed by atoms with Crippen LogP contribution in [0.25, 0.3) is 0 Å². The number of morpholine rings is 1. The lowest BCUT2D eigenvalue weighted by Crippen LogP contribution is -2.52. The van der Waals surface area contributed by atoms with E-state index in [9.17, 15) is 4.79 Å². The second kappa shape index (κ2) is 4.58. The maximum Gasteiger partial charge on any atom is 0.240 e. The minimum atomic E-state index is 0.0906. The van der Waals surface area contributed by atoms with Gasteiger partial charge in [0.05, 0.1) is 18.8 Å². The van der Waals surface area contributed by atoms with Gasteiger partial charge in [-0.15, -0.1) is 0 Å². The SMILES string of the molecule is CC1CN(C(=O)C2NCC3CCCC32)CCO1. The highest BCUT2D eigenvalue weighted by atomic mass is 16.5. The van der Waals surface area contributed by atoms with Gasteiger partial charge in [-0.2, -0.15) is 0 Å². The molecule has 0 aromatic rings. The van der Waals surface area contributed by atoms with Crippen molar-refractivity contribution in [2.24, 2.45) is 11.8 Å². The van der Waals surface area contributed by atoms with Crippen molar-refractivity contribution in [2.45, 2.75) is 38.3 Å². The molecule has 0 spiro atoms. The molecule has 0 aromatic carbocycles. The first kappa shape index (κ1) is 11.5. The molecule has 2 heterocycles. The second-order valence-electron chi connectivity index (χ2n) is 5.71. The van der Waals surface area contributed by atoms with Crippen LogP contribution in [-0.4, -0.2) is 49.2 Å². The Morgan fingerprint density at radius 3 is 3.12 bits per heavy atom. The van der Waals surface area contributed by atoms with E-state index < -0.39 is 0 Å². The molecule has 4 nitrogen and oxygen atoms in total. The lowest BCUT2D eigenvalue weighted by atomic mass is 9.93. The van der Waals surface area contributed by atoms with Crippen LogP contribution in [-0.2, 0) is 9.53 Å². The van der Waals surface area contributed by atoms with E-state index in [4.69, 9.17) is 4.74 Å². The van der Waals surface area contributed by atoms with Crippen molar-refractivity contribution in [1.82, 2.24) is 10.2 Å². The van der Waals surface area contributed by atoms with Crippen LogP contribution < -0.4 is 5.32 Å². The number of hydrogen-bond donors (Lipinski definition) is 1. The Labute approximate surface area is 103 Å². The number of amides is 1. The predicted octanol–water partition coefficient (Wildman–Crippen LogP) is 0.622. The lowest BCUT2D eigenvalue weighted by Gasteiger charge is -2.34. The number of nitrogens with one attached hydrogen (secondary N) is 1. The minimum absolute atomic E-state index is 0.0906. The average Bonchev–Trinajstić information content (AvgIpc) is 2.89. The molecule has 2 aliphatic heterocycles. The minimum Gasteiger partial charge on any atom is -0.375 e. The van der Waals surface area contributed by atoms with Gasteiger partial charge in [0.2, 0.25) is 5.91 Å². The highest BCUT2D eigenvalue weighted by Gasteiger charge is 2.44. The molecular weight excluding hydrogens is 216 g/mol. The predicted molar refractivity (Wildman–Crippen MR) is 64.6 cm³/mol. The van der Waals surface area contributed by atoms with Gasteiger partial charge in [-0.25, -0.2) is 0 Å². The summed E-state index contributed by atoms with van der Waals surface area (Å²) in [6.07, 6.45) is 4.03. The summed E-state index contributed by atoms with van der Waals surface area (Å²) >= 11 is 0. The van der Waals surface area contributed by atoms with Crippen LogP contribution in [0.4, 0.5) is 0 Å². The van der Waals surface area contributed by atoms with E-state index in [-0.39, 0.29) is 12.1 Å². The van der Waals surface area contributed by atoms with E-state index in [1.807, 2.05) is 11.8 Å². The summed E-state index contributed by atoms with van der Waals surface area (Å²) in [5, 5.41) is 3.44. The molecule has 1 saturated carbocycles. The van der Waals surface area contributed by atoms with E-state index in [1.54, 1.807) is 0 Å². The standard InChI is InChI=1S/C13H22N2O2/c1-9-8-15(5-6-17-9)13(16)12-11-4-2-3-10(11)7-14-12/h9-12,14H,2-8H2,1H3. The number of hydrogen-bond acceptors (Lipinski definition) is 3. The molecule has 4 atom stereocenters. The Hall–Kier alpha value is -0.610. The van der Waals surface area contributed by atoms with Gasteiger partial charge in [-0.05, 0) is 38.1 Å². The first-order valence-corrected chi connectivity index (χ1v) is 6.89. The third-order valence-corrected chi connectivity index (χ3v) is 4.56. The quantitative estimate of drug-likeness (QED) is 0.728. The van der Waals surface area contributed by atoms with Gasteiger partial charge in [0, 0.05) is 13.1 Å². The second-order valence-corrected chi connectivity index (χ2v) is 5.71. The molecule has 3 rings (SSSR count). The topological polar surface area (TPSA) is 41.6 Å². The van der Waals surface area contributed by atoms with Crippen molar-refractivity contribution < 1.29 is 9.53 Å². The average molecular weight is 238 g/mol. The van der Waals surface area contributed by atoms with E-state index in [2.05, 4.69) is 5.32 Å². The van der Waals surface area contributed by atoms with Gasteiger partial charge in [-0.3, -0.25) is 4.79 Å². The fourth-order valence-electron chi connectivity index (χ4n) is 3.67. The molecule has 0 aromatic heterocycles. The molecule has 1 N–H and O–H groups in total. The smallest absolute Gasteiger partial charge is 0.240 e. The zero-order valence-corrected chi connectivity index (χ0v) is 10.5. The van der Waals surface area contributed by atoms with Gasteiger partial charge in [-0.1, -0.05) is 6.42 Å². The Bertz CT molecular complexity index is 308. The van der Waals surface area contributed by atoms with Crippen molar-refractivity contribution in [1.29, 1.82) is 0 Å². The molecule has 4 unspecified atom stereocenters. The first-order valence-electron chi connectivity index (χ1n) is 6.89. The van der Waals surface area contributed by atoms with Crippen LogP contribution in [0.1, 0.15) is 26.2 Å². The molecule has 3 fully saturated rings. The molecule has 17 heavy (non-hydrogen) atoms. The summed E-state index contributed by atoms with van der Waals surface area (Å²) in [5.74, 6) is 1.66. The number of rotatable bonds is 1. The summed E-state index contributed by atoms with van der Waals surface area (Å²) in [6, 6.07) is 0.0906. The van der Waals surface area contributed by atoms with Crippen molar-refractivity contribution in [3.8, 4) is 0 Å². The summed E-state index contributed by atoms with van der Waals surface area (Å²) in [5.41, 5.74) is 0. The molecular formula is C13H22N2O2. The molecule has 0 bridgehead atoms. The molecule has 2 saturated heterocycles. The van der Waals surface area contributed by atoms with Crippen molar-refractivity contribution in [2.75, 3.05) is 26.2 Å². The Morgan fingerprint density at radius 2 is 2.29 bits per heavy atom. The number of carbonyl (C=O) groups excluding carboxylic acids is 1. The summed E-state index contributed by atoms with van der Waals surface area (Å²) < 4.78 is 5.49. The highest BCUT2D eigenvalue weighted by Crippen LogP contribution is 2.38. The molecule has 3 aliphatic rings. The maximum atomic E-state index is 12.5. The van der Waals surface area contributed by atoms with Crippen LogP contribution in [0.3, 0.4) is 0 Å². The van der Waals surface area contributed by atoms with Crippen LogP contribution in [0.5, 0.6) is 0 Å². The molecule has 1 aliphatic carbocycles. The van der Waals surface area contributed by atoms with Crippen LogP contribution in [0, 0.1) is 11.8 Å². The number of fused-ring (bicyclic) bond motifs is 1. The third-order valence-electron chi connectivity index (χ3n) is 4.56. The number of carbonyl (C=O) groups is 1. The fraction of sp³-hybridized carbons (Fsp3) is 0.923. The Kier molecular flexibility index (Phi) is 3.09. The summed E-state index contributed by atoms with van der Waals surface area (Å²) in [7, 11) is 0. The van der Waals surface area contributed by atoms with Crippen LogP contribution >= 0.6 is 0 Å². The van der Waals surface area contributed by atoms with E-state index in [0.29, 0.717) is 18.4 Å². The molecule has 1 amide bonds. The third kappa shape index (κ3) is 2.08. The summed E-state index contributed by atoms with van der Waals surface area (Å²) in [4.78, 5) is 14.5. The lowest BCUT2D eigenvalue weighted by molar-refractivity contribution is -0.141. The first-order chi connectivity index (χ1) is 8.25. The maximum absolute atomic E-state index is 12.5. The van der Waals surface area contributed by atoms with Crippen LogP contribution in [0.2, 0.25) is 0 Å². The van der Waals surface area contributed by atoms with E-state index >= 15 is 0 Å². The van der Waals surface area contributed by atoms with Gasteiger partial charge in [0.25, 0.3) is 0 Å². The van der Waals surface area contributed by atoms with Gasteiger partial charge in [0.1, 0.15) is 0 Å². The highest BCUT2D eigenvalue weighted by molar-refractivity contribution is 5.83. The monoisotopic (exact) mass is 238 g/mol. The fourth-order valence-corrected chi connectivity index (χ4v) is 3.67. The van der Waals surface area contributed by atoms with E-state index in [1.165, 1.54) is 19.3 Å². The molecule has 96 valence electrons. The Balaban J connectivity index is 1.65. The van der Waals surface area contributed by atoms with Gasteiger partial charge in [0.15, 0.2) is 0 Å². The van der Waals surface area contributed by atoms with Crippen LogP contribution in [0.15, 0.2) is 0 Å². The van der Waals surface area contributed by atoms with E-state index in [0.717, 1.165) is 25.6 Å². The molecule has 4 heteroatoms. The molecule has 0 radical (unpaired) electrons. The zero-order valence-electron chi connectivity index (χ0n) is 10.5.